The molecule has 0 aromatic rings. The predicted molar refractivity (Wildman–Crippen MR) is 116 cm³/mol. The van der Waals surface area contributed by atoms with Crippen LogP contribution in [0.5, 0.6) is 0 Å². The molecular weight excluding hydrogens is 382 g/mol. The minimum absolute atomic E-state index is 0.0387. The molecule has 0 bridgehead atoms. The second-order valence-corrected chi connectivity index (χ2v) is 10.7. The Morgan fingerprint density at radius 3 is 2.37 bits per heavy atom. The van der Waals surface area contributed by atoms with Gasteiger partial charge in [0.2, 0.25) is 5.91 Å². The highest BCUT2D eigenvalue weighted by molar-refractivity contribution is 6.43. The van der Waals surface area contributed by atoms with Crippen molar-refractivity contribution in [2.24, 2.45) is 41.2 Å². The Hall–Kier alpha value is -0.655. The minimum Gasteiger partial charge on any atom is -0.427 e. The lowest BCUT2D eigenvalue weighted by Gasteiger charge is -2.47. The number of carbonyl (C=O) groups excluding carboxylic acids is 1. The summed E-state index contributed by atoms with van der Waals surface area (Å²) >= 11 is 0. The van der Waals surface area contributed by atoms with Crippen LogP contribution in [-0.2, 0) is 4.79 Å². The first-order valence-electron chi connectivity index (χ1n) is 12.5. The Labute approximate surface area is 181 Å². The first kappa shape index (κ1) is 22.5. The Bertz CT molecular complexity index is 587. The lowest BCUT2D eigenvalue weighted by Crippen LogP contribution is -2.50. The molecule has 170 valence electrons. The van der Waals surface area contributed by atoms with Crippen LogP contribution < -0.4 is 5.73 Å². The first-order valence-corrected chi connectivity index (χ1v) is 12.5. The molecule has 0 spiro atoms. The number of fused-ring (bicyclic) bond motifs is 1. The summed E-state index contributed by atoms with van der Waals surface area (Å²) in [5.41, 5.74) is 5.92. The Morgan fingerprint density at radius 1 is 0.933 bits per heavy atom. The molecule has 0 radical (unpaired) electrons. The molecule has 0 aromatic heterocycles. The van der Waals surface area contributed by atoms with Crippen LogP contribution in [0.15, 0.2) is 0 Å². The fourth-order valence-electron chi connectivity index (χ4n) is 7.35. The van der Waals surface area contributed by atoms with E-state index in [0.717, 1.165) is 57.7 Å². The highest BCUT2D eigenvalue weighted by Crippen LogP contribution is 2.50. The molecule has 30 heavy (non-hydrogen) atoms. The van der Waals surface area contributed by atoms with Crippen LogP contribution >= 0.6 is 0 Å². The fraction of sp³-hybridized carbons (Fsp3) is 0.957. The number of carbonyl (C=O) groups is 1. The van der Waals surface area contributed by atoms with Crippen LogP contribution in [-0.4, -0.2) is 53.8 Å². The van der Waals surface area contributed by atoms with Gasteiger partial charge in [-0.15, -0.1) is 0 Å². The number of likely N-dealkylation sites (tertiary alicyclic amines) is 1. The van der Waals surface area contributed by atoms with E-state index in [0.29, 0.717) is 18.3 Å². The molecule has 7 unspecified atom stereocenters. The van der Waals surface area contributed by atoms with Gasteiger partial charge in [-0.3, -0.25) is 4.79 Å². The van der Waals surface area contributed by atoms with E-state index in [1.807, 2.05) is 4.90 Å². The lowest BCUT2D eigenvalue weighted by molar-refractivity contribution is -0.143. The summed E-state index contributed by atoms with van der Waals surface area (Å²) in [5, 5.41) is 19.3. The van der Waals surface area contributed by atoms with Gasteiger partial charge in [0.05, 0.1) is 0 Å². The zero-order chi connectivity index (χ0) is 21.3. The molecule has 1 heterocycles. The molecule has 4 N–H and O–H groups in total. The maximum Gasteiger partial charge on any atom is 0.454 e. The van der Waals surface area contributed by atoms with Crippen LogP contribution in [0.3, 0.4) is 0 Å². The number of hydrogen-bond acceptors (Lipinski definition) is 4. The zero-order valence-corrected chi connectivity index (χ0v) is 18.3. The zero-order valence-electron chi connectivity index (χ0n) is 18.3. The summed E-state index contributed by atoms with van der Waals surface area (Å²) in [6.07, 6.45) is 9.62. The van der Waals surface area contributed by atoms with E-state index in [1.165, 1.54) is 25.7 Å². The molecule has 4 rings (SSSR count). The van der Waals surface area contributed by atoms with Crippen LogP contribution in [0.1, 0.15) is 70.6 Å². The van der Waals surface area contributed by atoms with Crippen molar-refractivity contribution in [3.63, 3.8) is 0 Å². The first-order chi connectivity index (χ1) is 14.5. The van der Waals surface area contributed by atoms with Crippen LogP contribution in [0.2, 0.25) is 5.82 Å². The monoisotopic (exact) mass is 422 g/mol. The third-order valence-corrected chi connectivity index (χ3v) is 9.10. The van der Waals surface area contributed by atoms with Gasteiger partial charge in [-0.25, -0.2) is 4.39 Å². The van der Waals surface area contributed by atoms with Crippen LogP contribution in [0, 0.1) is 35.5 Å². The van der Waals surface area contributed by atoms with Crippen molar-refractivity contribution in [2.45, 2.75) is 82.6 Å². The van der Waals surface area contributed by atoms with Crippen molar-refractivity contribution >= 4 is 13.0 Å². The van der Waals surface area contributed by atoms with E-state index in [9.17, 15) is 19.2 Å². The molecule has 4 aliphatic rings. The van der Waals surface area contributed by atoms with E-state index in [4.69, 9.17) is 5.73 Å². The molecule has 3 aliphatic carbocycles. The summed E-state index contributed by atoms with van der Waals surface area (Å²) in [7, 11) is -1.48. The highest BCUT2D eigenvalue weighted by Gasteiger charge is 2.49. The van der Waals surface area contributed by atoms with Crippen molar-refractivity contribution in [2.75, 3.05) is 19.6 Å². The number of rotatable bonds is 4. The Kier molecular flexibility index (Phi) is 7.41. The molecular formula is C23H40BFN2O3. The highest BCUT2D eigenvalue weighted by atomic mass is 19.1. The summed E-state index contributed by atoms with van der Waals surface area (Å²) in [4.78, 5) is 15.5. The number of amides is 1. The normalized spacial score (nSPS) is 40.7. The number of halogens is 1. The molecule has 4 fully saturated rings. The number of nitrogens with two attached hydrogens (primary N) is 1. The quantitative estimate of drug-likeness (QED) is 0.608. The molecule has 5 nitrogen and oxygen atoms in total. The topological polar surface area (TPSA) is 86.8 Å². The number of piperidine rings is 1. The average Bonchev–Trinajstić information content (AvgIpc) is 2.78. The molecule has 1 saturated heterocycles. The molecule has 3 saturated carbocycles. The van der Waals surface area contributed by atoms with Gasteiger partial charge in [-0.05, 0) is 93.3 Å². The van der Waals surface area contributed by atoms with Crippen molar-refractivity contribution < 1.29 is 19.2 Å². The predicted octanol–water partition coefficient (Wildman–Crippen LogP) is 3.00. The van der Waals surface area contributed by atoms with Crippen molar-refractivity contribution in [1.82, 2.24) is 4.90 Å². The summed E-state index contributed by atoms with van der Waals surface area (Å²) in [6, 6.07) is 0. The van der Waals surface area contributed by atoms with E-state index >= 15 is 0 Å². The summed E-state index contributed by atoms with van der Waals surface area (Å²) < 4.78 is 14.8. The lowest BCUT2D eigenvalue weighted by atomic mass is 9.54. The Balaban J connectivity index is 1.35. The van der Waals surface area contributed by atoms with Gasteiger partial charge in [0, 0.05) is 19.0 Å². The largest absolute Gasteiger partial charge is 0.454 e. The molecule has 7 heteroatoms. The Morgan fingerprint density at radius 2 is 1.67 bits per heavy atom. The van der Waals surface area contributed by atoms with Crippen LogP contribution in [0.25, 0.3) is 0 Å². The van der Waals surface area contributed by atoms with Gasteiger partial charge < -0.3 is 20.7 Å². The van der Waals surface area contributed by atoms with Gasteiger partial charge >= 0.3 is 7.12 Å². The van der Waals surface area contributed by atoms with E-state index in [-0.39, 0.29) is 30.1 Å². The third kappa shape index (κ3) is 4.73. The average molecular weight is 422 g/mol. The van der Waals surface area contributed by atoms with E-state index in [2.05, 4.69) is 0 Å². The summed E-state index contributed by atoms with van der Waals surface area (Å²) in [5.74, 6) is 1.64. The van der Waals surface area contributed by atoms with Crippen LogP contribution in [0.4, 0.5) is 4.39 Å². The summed E-state index contributed by atoms with van der Waals surface area (Å²) in [6.45, 7) is 2.45. The number of hydrogen-bond donors (Lipinski definition) is 3. The second-order valence-electron chi connectivity index (χ2n) is 10.7. The minimum atomic E-state index is -1.48. The third-order valence-electron chi connectivity index (χ3n) is 9.10. The molecule has 1 aliphatic heterocycles. The van der Waals surface area contributed by atoms with E-state index in [1.54, 1.807) is 0 Å². The molecule has 0 aromatic carbocycles. The van der Waals surface area contributed by atoms with E-state index < -0.39 is 19.1 Å². The molecule has 7 atom stereocenters. The van der Waals surface area contributed by atoms with Crippen molar-refractivity contribution in [1.29, 1.82) is 0 Å². The fourth-order valence-corrected chi connectivity index (χ4v) is 7.35. The van der Waals surface area contributed by atoms with Gasteiger partial charge in [-0.1, -0.05) is 19.3 Å². The maximum absolute atomic E-state index is 14.8. The standard InChI is InChI=1S/C23H40BFN2O3/c25-22-13-18(24(29)30)12-21-19(22)5-2-6-20(21)23(28)27-9-7-16(8-10-27)17-4-1-3-15(11-17)14-26/h15-22,29-30H,1-14,26H2. The van der Waals surface area contributed by atoms with Gasteiger partial charge in [-0.2, -0.15) is 0 Å². The van der Waals surface area contributed by atoms with Crippen molar-refractivity contribution in [3.8, 4) is 0 Å². The SMILES string of the molecule is NCC1CCCC(C2CCN(C(=O)C3CCCC4C(F)CC(B(O)O)CC34)CC2)C1. The number of nitrogens with zero attached hydrogens (tertiary/aromatic N) is 1. The van der Waals surface area contributed by atoms with Gasteiger partial charge in [0.1, 0.15) is 6.17 Å². The van der Waals surface area contributed by atoms with Gasteiger partial charge in [0.15, 0.2) is 0 Å². The maximum atomic E-state index is 14.8. The van der Waals surface area contributed by atoms with Gasteiger partial charge in [0.25, 0.3) is 0 Å². The smallest absolute Gasteiger partial charge is 0.427 e. The molecule has 1 amide bonds. The van der Waals surface area contributed by atoms with Crippen molar-refractivity contribution in [3.05, 3.63) is 0 Å². The second kappa shape index (κ2) is 9.87. The number of alkyl halides is 1.